The van der Waals surface area contributed by atoms with Crippen LogP contribution in [0.25, 0.3) is 0 Å². The van der Waals surface area contributed by atoms with Crippen molar-refractivity contribution in [2.75, 3.05) is 25.4 Å². The summed E-state index contributed by atoms with van der Waals surface area (Å²) in [7, 11) is 0. The highest BCUT2D eigenvalue weighted by Crippen LogP contribution is 2.23. The molecule has 0 aliphatic carbocycles. The number of ether oxygens (including phenoxy) is 1. The highest BCUT2D eigenvalue weighted by molar-refractivity contribution is 5.76. The predicted molar refractivity (Wildman–Crippen MR) is 80.8 cm³/mol. The second-order valence-electron chi connectivity index (χ2n) is 5.31. The predicted octanol–water partition coefficient (Wildman–Crippen LogP) is 2.61. The molecular weight excluding hydrogens is 252 g/mol. The van der Waals surface area contributed by atoms with Crippen molar-refractivity contribution in [1.29, 1.82) is 0 Å². The second-order valence-corrected chi connectivity index (χ2v) is 5.31. The van der Waals surface area contributed by atoms with Gasteiger partial charge in [-0.1, -0.05) is 13.0 Å². The van der Waals surface area contributed by atoms with E-state index in [2.05, 4.69) is 6.92 Å². The smallest absolute Gasteiger partial charge is 0.222 e. The van der Waals surface area contributed by atoms with E-state index in [1.807, 2.05) is 23.1 Å². The molecule has 0 aromatic heterocycles. The second kappa shape index (κ2) is 7.17. The quantitative estimate of drug-likeness (QED) is 0.813. The van der Waals surface area contributed by atoms with E-state index in [9.17, 15) is 4.79 Å². The number of nitrogens with zero attached hydrogens (tertiary/aromatic N) is 1. The largest absolute Gasteiger partial charge is 0.491 e. The summed E-state index contributed by atoms with van der Waals surface area (Å²) in [6.07, 6.45) is 4.55. The third-order valence-electron chi connectivity index (χ3n) is 3.62. The lowest BCUT2D eigenvalue weighted by atomic mass is 10.1. The normalized spacial score (nSPS) is 14.6. The average molecular weight is 276 g/mol. The Hall–Kier alpha value is -1.71. The third kappa shape index (κ3) is 3.89. The molecule has 2 N–H and O–H groups in total. The fourth-order valence-electron chi connectivity index (χ4n) is 2.47. The molecule has 0 saturated carbocycles. The van der Waals surface area contributed by atoms with Crippen LogP contribution in [-0.4, -0.2) is 30.5 Å². The van der Waals surface area contributed by atoms with Gasteiger partial charge in [-0.15, -0.1) is 0 Å². The van der Waals surface area contributed by atoms with E-state index in [0.29, 0.717) is 18.7 Å². The van der Waals surface area contributed by atoms with Gasteiger partial charge in [-0.25, -0.2) is 0 Å². The van der Waals surface area contributed by atoms with Crippen molar-refractivity contribution in [1.82, 2.24) is 4.90 Å². The zero-order valence-electron chi connectivity index (χ0n) is 12.2. The maximum absolute atomic E-state index is 12.0. The van der Waals surface area contributed by atoms with Gasteiger partial charge >= 0.3 is 0 Å². The molecule has 0 atom stereocenters. The number of hydrogen-bond donors (Lipinski definition) is 1. The van der Waals surface area contributed by atoms with E-state index in [1.165, 1.54) is 0 Å². The van der Waals surface area contributed by atoms with Gasteiger partial charge < -0.3 is 15.4 Å². The Kier molecular flexibility index (Phi) is 5.27. The van der Waals surface area contributed by atoms with Gasteiger partial charge in [0.25, 0.3) is 0 Å². The van der Waals surface area contributed by atoms with Gasteiger partial charge in [-0.05, 0) is 43.4 Å². The molecular formula is C16H24N2O2. The van der Waals surface area contributed by atoms with Crippen LogP contribution >= 0.6 is 0 Å². The number of carbonyl (C=O) groups is 1. The first-order valence-corrected chi connectivity index (χ1v) is 7.49. The SMILES string of the molecule is CCCOc1ccc(CCC(=O)N2CCCC2)cc1N. The Labute approximate surface area is 120 Å². The Morgan fingerprint density at radius 1 is 1.35 bits per heavy atom. The minimum atomic E-state index is 0.257. The molecule has 1 heterocycles. The number of hydrogen-bond acceptors (Lipinski definition) is 3. The summed E-state index contributed by atoms with van der Waals surface area (Å²) < 4.78 is 5.55. The van der Waals surface area contributed by atoms with Crippen molar-refractivity contribution in [3.63, 3.8) is 0 Å². The third-order valence-corrected chi connectivity index (χ3v) is 3.62. The van der Waals surface area contributed by atoms with Gasteiger partial charge in [0.15, 0.2) is 0 Å². The first-order chi connectivity index (χ1) is 9.70. The molecule has 0 radical (unpaired) electrons. The van der Waals surface area contributed by atoms with Gasteiger partial charge in [0.1, 0.15) is 5.75 Å². The summed E-state index contributed by atoms with van der Waals surface area (Å²) in [6, 6.07) is 5.82. The number of aryl methyl sites for hydroxylation is 1. The molecule has 0 bridgehead atoms. The topological polar surface area (TPSA) is 55.6 Å². The van der Waals surface area contributed by atoms with Gasteiger partial charge in [0.2, 0.25) is 5.91 Å². The van der Waals surface area contributed by atoms with Crippen LogP contribution in [0.4, 0.5) is 5.69 Å². The zero-order valence-corrected chi connectivity index (χ0v) is 12.2. The van der Waals surface area contributed by atoms with Crippen LogP contribution in [0.5, 0.6) is 5.75 Å². The Bertz CT molecular complexity index is 454. The van der Waals surface area contributed by atoms with Crippen LogP contribution in [-0.2, 0) is 11.2 Å². The molecule has 1 aromatic rings. The van der Waals surface area contributed by atoms with Crippen LogP contribution in [0, 0.1) is 0 Å². The molecule has 20 heavy (non-hydrogen) atoms. The number of amides is 1. The molecule has 1 fully saturated rings. The molecule has 0 spiro atoms. The number of rotatable bonds is 6. The molecule has 1 saturated heterocycles. The van der Waals surface area contributed by atoms with E-state index < -0.39 is 0 Å². The molecule has 1 aromatic carbocycles. The number of nitrogens with two attached hydrogens (primary N) is 1. The van der Waals surface area contributed by atoms with Crippen LogP contribution in [0.1, 0.15) is 38.2 Å². The summed E-state index contributed by atoms with van der Waals surface area (Å²) in [5, 5.41) is 0. The fourth-order valence-corrected chi connectivity index (χ4v) is 2.47. The van der Waals surface area contributed by atoms with Crippen molar-refractivity contribution in [3.8, 4) is 5.75 Å². The Balaban J connectivity index is 1.86. The fraction of sp³-hybridized carbons (Fsp3) is 0.562. The van der Waals surface area contributed by atoms with Gasteiger partial charge in [-0.3, -0.25) is 4.79 Å². The molecule has 4 heteroatoms. The minimum absolute atomic E-state index is 0.257. The molecule has 1 amide bonds. The molecule has 0 unspecified atom stereocenters. The maximum atomic E-state index is 12.0. The number of carbonyl (C=O) groups excluding carboxylic acids is 1. The Morgan fingerprint density at radius 3 is 2.75 bits per heavy atom. The first-order valence-electron chi connectivity index (χ1n) is 7.49. The number of likely N-dealkylation sites (tertiary alicyclic amines) is 1. The maximum Gasteiger partial charge on any atom is 0.222 e. The lowest BCUT2D eigenvalue weighted by Gasteiger charge is -2.15. The monoisotopic (exact) mass is 276 g/mol. The summed E-state index contributed by atoms with van der Waals surface area (Å²) >= 11 is 0. The van der Waals surface area contributed by atoms with E-state index in [4.69, 9.17) is 10.5 Å². The van der Waals surface area contributed by atoms with Crippen molar-refractivity contribution in [3.05, 3.63) is 23.8 Å². The lowest BCUT2D eigenvalue weighted by Crippen LogP contribution is -2.27. The van der Waals surface area contributed by atoms with Crippen molar-refractivity contribution in [2.45, 2.75) is 39.0 Å². The van der Waals surface area contributed by atoms with Crippen LogP contribution in [0.3, 0.4) is 0 Å². The van der Waals surface area contributed by atoms with Gasteiger partial charge in [0.05, 0.1) is 12.3 Å². The van der Waals surface area contributed by atoms with E-state index in [-0.39, 0.29) is 5.91 Å². The molecule has 2 rings (SSSR count). The molecule has 110 valence electrons. The van der Waals surface area contributed by atoms with E-state index in [1.54, 1.807) is 0 Å². The summed E-state index contributed by atoms with van der Waals surface area (Å²) in [5.74, 6) is 0.994. The minimum Gasteiger partial charge on any atom is -0.491 e. The van der Waals surface area contributed by atoms with Crippen LogP contribution < -0.4 is 10.5 Å². The lowest BCUT2D eigenvalue weighted by molar-refractivity contribution is -0.130. The summed E-state index contributed by atoms with van der Waals surface area (Å²) in [4.78, 5) is 13.9. The first kappa shape index (κ1) is 14.7. The van der Waals surface area contributed by atoms with Gasteiger partial charge in [-0.2, -0.15) is 0 Å². The van der Waals surface area contributed by atoms with Crippen molar-refractivity contribution >= 4 is 11.6 Å². The van der Waals surface area contributed by atoms with Crippen molar-refractivity contribution < 1.29 is 9.53 Å². The molecule has 1 aliphatic heterocycles. The summed E-state index contributed by atoms with van der Waals surface area (Å²) in [6.45, 7) is 4.58. The van der Waals surface area contributed by atoms with Crippen LogP contribution in [0.15, 0.2) is 18.2 Å². The van der Waals surface area contributed by atoms with Crippen molar-refractivity contribution in [2.24, 2.45) is 0 Å². The zero-order chi connectivity index (χ0) is 14.4. The van der Waals surface area contributed by atoms with E-state index in [0.717, 1.165) is 50.1 Å². The highest BCUT2D eigenvalue weighted by Gasteiger charge is 2.17. The number of anilines is 1. The van der Waals surface area contributed by atoms with Crippen LogP contribution in [0.2, 0.25) is 0 Å². The van der Waals surface area contributed by atoms with Gasteiger partial charge in [0, 0.05) is 19.5 Å². The number of benzene rings is 1. The van der Waals surface area contributed by atoms with E-state index >= 15 is 0 Å². The molecule has 1 aliphatic rings. The summed E-state index contributed by atoms with van der Waals surface area (Å²) in [5.41, 5.74) is 7.72. The number of nitrogen functional groups attached to an aromatic ring is 1. The highest BCUT2D eigenvalue weighted by atomic mass is 16.5. The Morgan fingerprint density at radius 2 is 2.10 bits per heavy atom. The average Bonchev–Trinajstić information content (AvgIpc) is 2.98. The standard InChI is InChI=1S/C16H24N2O2/c1-2-11-20-15-7-5-13(12-14(15)17)6-8-16(19)18-9-3-4-10-18/h5,7,12H,2-4,6,8-11,17H2,1H3. The molecule has 4 nitrogen and oxygen atoms in total.